The van der Waals surface area contributed by atoms with Gasteiger partial charge in [-0.3, -0.25) is 4.79 Å². The van der Waals surface area contributed by atoms with Crippen molar-refractivity contribution in [2.24, 2.45) is 5.92 Å². The molecule has 1 aliphatic carbocycles. The van der Waals surface area contributed by atoms with Crippen LogP contribution in [0.4, 0.5) is 0 Å². The summed E-state index contributed by atoms with van der Waals surface area (Å²) in [6.45, 7) is 2.08. The number of carbonyl (C=O) groups excluding carboxylic acids is 1. The molecule has 2 rings (SSSR count). The van der Waals surface area contributed by atoms with Crippen LogP contribution in [0.2, 0.25) is 0 Å². The highest BCUT2D eigenvalue weighted by molar-refractivity contribution is 7.80. The molecule has 1 saturated heterocycles. The molecule has 1 saturated carbocycles. The molecule has 198 valence electrons. The van der Waals surface area contributed by atoms with Gasteiger partial charge >= 0.3 is 0 Å². The molecule has 12 nitrogen and oxygen atoms in total. The Bertz CT molecular complexity index is 647. The third kappa shape index (κ3) is 7.93. The minimum absolute atomic E-state index is 0.0271. The highest BCUT2D eigenvalue weighted by Gasteiger charge is 2.45. The largest absolute Gasteiger partial charge is 0.394 e. The molecule has 1 amide bonds. The fraction of sp³-hybridized carbons (Fsp3) is 0.905. The number of nitrogens with one attached hydrogen (secondary N) is 3. The number of unbranched alkanes of at least 4 members (excludes halogenated alkanes) is 1. The number of carbonyl (C=O) groups is 1. The SMILES string of the molecule is COC[C@H]1C[C@@H](NC(=S)NCCCCO[C@@H]2O[C@H](CO)[C@H](O)[C@H](O)[C@H]2NC(C)=O)[C@@H](OC)C1O. The summed E-state index contributed by atoms with van der Waals surface area (Å²) in [4.78, 5) is 11.5. The smallest absolute Gasteiger partial charge is 0.217 e. The number of methoxy groups -OCH3 is 2. The molecule has 0 aromatic rings. The van der Waals surface area contributed by atoms with Gasteiger partial charge in [-0.2, -0.15) is 0 Å². The number of hydrogen-bond donors (Lipinski definition) is 7. The van der Waals surface area contributed by atoms with Crippen LogP contribution in [0, 0.1) is 5.92 Å². The molecule has 0 bridgehead atoms. The molecule has 1 aliphatic heterocycles. The van der Waals surface area contributed by atoms with Gasteiger partial charge in [0, 0.05) is 40.2 Å². The van der Waals surface area contributed by atoms with Gasteiger partial charge < -0.3 is 55.3 Å². The molecule has 2 aliphatic rings. The zero-order chi connectivity index (χ0) is 25.3. The van der Waals surface area contributed by atoms with Crippen LogP contribution in [0.25, 0.3) is 0 Å². The van der Waals surface area contributed by atoms with Crippen LogP contribution in [0.3, 0.4) is 0 Å². The van der Waals surface area contributed by atoms with Crippen LogP contribution < -0.4 is 16.0 Å². The second-order valence-corrected chi connectivity index (χ2v) is 9.07. The third-order valence-electron chi connectivity index (χ3n) is 6.13. The molecule has 1 unspecified atom stereocenters. The molecule has 0 radical (unpaired) electrons. The normalized spacial score (nSPS) is 35.7. The summed E-state index contributed by atoms with van der Waals surface area (Å²) in [7, 11) is 3.16. The molecule has 9 atom stereocenters. The Labute approximate surface area is 205 Å². The van der Waals surface area contributed by atoms with E-state index in [1.807, 2.05) is 0 Å². The number of rotatable bonds is 12. The topological polar surface area (TPSA) is 171 Å². The quantitative estimate of drug-likeness (QED) is 0.110. The Morgan fingerprint density at radius 2 is 1.85 bits per heavy atom. The van der Waals surface area contributed by atoms with Crippen LogP contribution in [0.15, 0.2) is 0 Å². The van der Waals surface area contributed by atoms with E-state index in [0.29, 0.717) is 37.5 Å². The van der Waals surface area contributed by atoms with Crippen LogP contribution in [-0.4, -0.2) is 121 Å². The number of aliphatic hydroxyl groups excluding tert-OH is 4. The lowest BCUT2D eigenvalue weighted by molar-refractivity contribution is -0.270. The van der Waals surface area contributed by atoms with Crippen LogP contribution in [-0.2, 0) is 23.7 Å². The highest BCUT2D eigenvalue weighted by Crippen LogP contribution is 2.29. The van der Waals surface area contributed by atoms with E-state index in [-0.39, 0.29) is 24.7 Å². The van der Waals surface area contributed by atoms with E-state index in [0.717, 1.165) is 0 Å². The standard InChI is InChI=1S/C21H39N3O9S/c1-11(26)23-15-18(29)17(28)14(9-25)33-20(15)32-7-5-4-6-22-21(34)24-13-8-12(10-30-2)16(27)19(13)31-3/h12-20,25,27-29H,4-10H2,1-3H3,(H,23,26)(H2,22,24,34)/t12-,13-,14-,15-,16?,17+,18-,19-,20-/m1/s1. The second-order valence-electron chi connectivity index (χ2n) is 8.66. The van der Waals surface area contributed by atoms with Gasteiger partial charge in [-0.25, -0.2) is 0 Å². The van der Waals surface area contributed by atoms with Gasteiger partial charge in [0.1, 0.15) is 30.5 Å². The van der Waals surface area contributed by atoms with E-state index in [1.54, 1.807) is 14.2 Å². The van der Waals surface area contributed by atoms with Crippen molar-refractivity contribution in [2.75, 3.05) is 40.6 Å². The number of aliphatic hydroxyl groups is 4. The van der Waals surface area contributed by atoms with Gasteiger partial charge in [-0.15, -0.1) is 0 Å². The zero-order valence-electron chi connectivity index (χ0n) is 19.9. The van der Waals surface area contributed by atoms with Crippen LogP contribution >= 0.6 is 12.2 Å². The Kier molecular flexibility index (Phi) is 12.3. The van der Waals surface area contributed by atoms with Crippen molar-refractivity contribution in [2.45, 2.75) is 75.1 Å². The van der Waals surface area contributed by atoms with E-state index >= 15 is 0 Å². The van der Waals surface area contributed by atoms with Crippen molar-refractivity contribution < 1.29 is 44.2 Å². The maximum atomic E-state index is 11.5. The summed E-state index contributed by atoms with van der Waals surface area (Å²) in [6.07, 6.45) is -3.69. The van der Waals surface area contributed by atoms with Gasteiger partial charge in [0.25, 0.3) is 0 Å². The minimum atomic E-state index is -1.34. The first-order chi connectivity index (χ1) is 16.2. The van der Waals surface area contributed by atoms with Crippen molar-refractivity contribution in [3.63, 3.8) is 0 Å². The van der Waals surface area contributed by atoms with E-state index in [4.69, 9.17) is 31.2 Å². The first-order valence-corrected chi connectivity index (χ1v) is 11.9. The van der Waals surface area contributed by atoms with E-state index in [9.17, 15) is 25.2 Å². The lowest BCUT2D eigenvalue weighted by atomic mass is 9.97. The van der Waals surface area contributed by atoms with E-state index in [1.165, 1.54) is 6.92 Å². The first kappa shape index (κ1) is 29.1. The number of hydrogen-bond acceptors (Lipinski definition) is 10. The molecule has 0 spiro atoms. The van der Waals surface area contributed by atoms with E-state index in [2.05, 4.69) is 16.0 Å². The Morgan fingerprint density at radius 1 is 1.12 bits per heavy atom. The lowest BCUT2D eigenvalue weighted by Crippen LogP contribution is -2.64. The Balaban J connectivity index is 1.71. The summed E-state index contributed by atoms with van der Waals surface area (Å²) in [5.74, 6) is -0.430. The number of amides is 1. The molecule has 1 heterocycles. The summed E-state index contributed by atoms with van der Waals surface area (Å²) < 4.78 is 21.8. The molecular weight excluding hydrogens is 470 g/mol. The van der Waals surface area contributed by atoms with Crippen LogP contribution in [0.1, 0.15) is 26.2 Å². The van der Waals surface area contributed by atoms with Gasteiger partial charge in [0.15, 0.2) is 11.4 Å². The maximum Gasteiger partial charge on any atom is 0.217 e. The first-order valence-electron chi connectivity index (χ1n) is 11.5. The molecular formula is C21H39N3O9S. The second kappa shape index (κ2) is 14.4. The van der Waals surface area contributed by atoms with E-state index < -0.39 is 49.3 Å². The maximum absolute atomic E-state index is 11.5. The zero-order valence-corrected chi connectivity index (χ0v) is 20.7. The molecule has 0 aromatic heterocycles. The van der Waals surface area contributed by atoms with Crippen LogP contribution in [0.5, 0.6) is 0 Å². The molecule has 7 N–H and O–H groups in total. The third-order valence-corrected chi connectivity index (χ3v) is 6.39. The average Bonchev–Trinajstić information content (AvgIpc) is 3.08. The Hall–Kier alpha value is -1.16. The summed E-state index contributed by atoms with van der Waals surface area (Å²) in [6, 6.07) is -1.08. The minimum Gasteiger partial charge on any atom is -0.394 e. The van der Waals surface area contributed by atoms with Crippen molar-refractivity contribution in [1.82, 2.24) is 16.0 Å². The molecule has 0 aromatic carbocycles. The number of thiocarbonyl (C=S) groups is 1. The average molecular weight is 510 g/mol. The summed E-state index contributed by atoms with van der Waals surface area (Å²) in [5, 5.41) is 49.3. The number of ether oxygens (including phenoxy) is 4. The van der Waals surface area contributed by atoms with Gasteiger partial charge in [0.05, 0.1) is 25.4 Å². The fourth-order valence-corrected chi connectivity index (χ4v) is 4.65. The van der Waals surface area contributed by atoms with Crippen molar-refractivity contribution in [3.05, 3.63) is 0 Å². The van der Waals surface area contributed by atoms with Gasteiger partial charge in [0.2, 0.25) is 5.91 Å². The highest BCUT2D eigenvalue weighted by atomic mass is 32.1. The van der Waals surface area contributed by atoms with Crippen molar-refractivity contribution in [3.8, 4) is 0 Å². The Morgan fingerprint density at radius 3 is 2.47 bits per heavy atom. The monoisotopic (exact) mass is 509 g/mol. The molecule has 13 heteroatoms. The molecule has 34 heavy (non-hydrogen) atoms. The fourth-order valence-electron chi connectivity index (χ4n) is 4.39. The predicted octanol–water partition coefficient (Wildman–Crippen LogP) is -2.40. The van der Waals surface area contributed by atoms with Crippen molar-refractivity contribution in [1.29, 1.82) is 0 Å². The van der Waals surface area contributed by atoms with Gasteiger partial charge in [-0.05, 0) is 31.5 Å². The van der Waals surface area contributed by atoms with Gasteiger partial charge in [-0.1, -0.05) is 0 Å². The lowest BCUT2D eigenvalue weighted by Gasteiger charge is -2.42. The predicted molar refractivity (Wildman–Crippen MR) is 125 cm³/mol. The molecule has 2 fully saturated rings. The summed E-state index contributed by atoms with van der Waals surface area (Å²) in [5.41, 5.74) is 0. The van der Waals surface area contributed by atoms with Crippen molar-refractivity contribution >= 4 is 23.2 Å². The summed E-state index contributed by atoms with van der Waals surface area (Å²) >= 11 is 5.36.